The van der Waals surface area contributed by atoms with Gasteiger partial charge in [0.1, 0.15) is 0 Å². The van der Waals surface area contributed by atoms with Crippen LogP contribution in [0.2, 0.25) is 0 Å². The Hall–Kier alpha value is -0.860. The zero-order valence-electron chi connectivity index (χ0n) is 10.5. The molecule has 0 amide bonds. The second-order valence-corrected chi connectivity index (χ2v) is 5.39. The largest absolute Gasteiger partial charge is 0.312 e. The molecule has 1 aliphatic carbocycles. The van der Waals surface area contributed by atoms with Gasteiger partial charge in [0, 0.05) is 19.1 Å². The fourth-order valence-corrected chi connectivity index (χ4v) is 3.04. The van der Waals surface area contributed by atoms with Crippen LogP contribution in [-0.4, -0.2) is 12.6 Å². The van der Waals surface area contributed by atoms with Crippen LogP contribution in [0.5, 0.6) is 0 Å². The molecule has 3 rings (SSSR count). The molecule has 1 fully saturated rings. The van der Waals surface area contributed by atoms with Gasteiger partial charge in [0.15, 0.2) is 0 Å². The van der Waals surface area contributed by atoms with Crippen molar-refractivity contribution in [3.05, 3.63) is 34.9 Å². The average Bonchev–Trinajstić information content (AvgIpc) is 2.89. The third-order valence-corrected chi connectivity index (χ3v) is 4.11. The van der Waals surface area contributed by atoms with Crippen molar-refractivity contribution in [3.8, 4) is 0 Å². The van der Waals surface area contributed by atoms with Crippen molar-refractivity contribution >= 4 is 0 Å². The maximum atomic E-state index is 3.68. The van der Waals surface area contributed by atoms with Crippen molar-refractivity contribution in [2.24, 2.45) is 0 Å². The molecule has 2 aliphatic rings. The maximum Gasteiger partial charge on any atom is 0.0208 e. The summed E-state index contributed by atoms with van der Waals surface area (Å²) in [6.45, 7) is 3.22. The van der Waals surface area contributed by atoms with Crippen LogP contribution >= 0.6 is 0 Å². The van der Waals surface area contributed by atoms with E-state index in [0.717, 1.165) is 25.7 Å². The molecular weight excluding hydrogens is 208 g/mol. The number of hydrogen-bond donors (Lipinski definition) is 2. The van der Waals surface area contributed by atoms with Crippen LogP contribution in [0, 0.1) is 0 Å². The Balaban J connectivity index is 1.62. The molecule has 2 nitrogen and oxygen atoms in total. The van der Waals surface area contributed by atoms with Crippen molar-refractivity contribution in [2.75, 3.05) is 6.54 Å². The maximum absolute atomic E-state index is 3.68. The summed E-state index contributed by atoms with van der Waals surface area (Å²) in [5, 5.41) is 7.13. The SMILES string of the molecule is c1cc2c(cc1CNC1CCCC1)CNCC2. The third-order valence-electron chi connectivity index (χ3n) is 4.11. The van der Waals surface area contributed by atoms with Crippen LogP contribution in [-0.2, 0) is 19.5 Å². The first-order valence-corrected chi connectivity index (χ1v) is 6.96. The van der Waals surface area contributed by atoms with Crippen molar-refractivity contribution in [2.45, 2.75) is 51.2 Å². The van der Waals surface area contributed by atoms with E-state index in [-0.39, 0.29) is 0 Å². The highest BCUT2D eigenvalue weighted by Crippen LogP contribution is 2.19. The van der Waals surface area contributed by atoms with Gasteiger partial charge in [-0.05, 0) is 42.5 Å². The molecule has 1 heterocycles. The van der Waals surface area contributed by atoms with Crippen molar-refractivity contribution in [1.82, 2.24) is 10.6 Å². The predicted octanol–water partition coefficient (Wildman–Crippen LogP) is 2.36. The van der Waals surface area contributed by atoms with Gasteiger partial charge in [-0.3, -0.25) is 0 Å². The van der Waals surface area contributed by atoms with Gasteiger partial charge in [-0.15, -0.1) is 0 Å². The van der Waals surface area contributed by atoms with Crippen LogP contribution in [0.25, 0.3) is 0 Å². The van der Waals surface area contributed by atoms with E-state index in [9.17, 15) is 0 Å². The van der Waals surface area contributed by atoms with Gasteiger partial charge >= 0.3 is 0 Å². The number of nitrogens with one attached hydrogen (secondary N) is 2. The normalized spacial score (nSPS) is 20.5. The second kappa shape index (κ2) is 5.19. The van der Waals surface area contributed by atoms with E-state index in [2.05, 4.69) is 28.8 Å². The lowest BCUT2D eigenvalue weighted by Gasteiger charge is -2.18. The van der Waals surface area contributed by atoms with Crippen molar-refractivity contribution in [1.29, 1.82) is 0 Å². The second-order valence-electron chi connectivity index (χ2n) is 5.39. The highest BCUT2D eigenvalue weighted by Gasteiger charge is 2.14. The minimum absolute atomic E-state index is 0.768. The Kier molecular flexibility index (Phi) is 3.44. The topological polar surface area (TPSA) is 24.1 Å². The summed E-state index contributed by atoms with van der Waals surface area (Å²) < 4.78 is 0. The summed E-state index contributed by atoms with van der Waals surface area (Å²) in [7, 11) is 0. The smallest absolute Gasteiger partial charge is 0.0208 e. The van der Waals surface area contributed by atoms with Crippen molar-refractivity contribution in [3.63, 3.8) is 0 Å². The molecule has 2 heteroatoms. The predicted molar refractivity (Wildman–Crippen MR) is 70.9 cm³/mol. The first kappa shape index (κ1) is 11.2. The first-order chi connectivity index (χ1) is 8.42. The van der Waals surface area contributed by atoms with E-state index in [0.29, 0.717) is 0 Å². The molecular formula is C15H22N2. The molecule has 0 radical (unpaired) electrons. The summed E-state index contributed by atoms with van der Waals surface area (Å²) in [6, 6.07) is 7.77. The molecule has 0 saturated heterocycles. The van der Waals surface area contributed by atoms with E-state index in [1.165, 1.54) is 48.8 Å². The summed E-state index contributed by atoms with van der Waals surface area (Å²) in [5.41, 5.74) is 4.48. The monoisotopic (exact) mass is 230 g/mol. The highest BCUT2D eigenvalue weighted by molar-refractivity contribution is 5.33. The van der Waals surface area contributed by atoms with Gasteiger partial charge in [-0.1, -0.05) is 31.0 Å². The van der Waals surface area contributed by atoms with E-state index in [1.807, 2.05) is 0 Å². The number of rotatable bonds is 3. The molecule has 1 aliphatic heterocycles. The van der Waals surface area contributed by atoms with E-state index in [4.69, 9.17) is 0 Å². The molecule has 0 spiro atoms. The van der Waals surface area contributed by atoms with Crippen LogP contribution < -0.4 is 10.6 Å². The highest BCUT2D eigenvalue weighted by atomic mass is 14.9. The van der Waals surface area contributed by atoms with E-state index >= 15 is 0 Å². The number of hydrogen-bond acceptors (Lipinski definition) is 2. The summed E-state index contributed by atoms with van der Waals surface area (Å²) in [6.07, 6.45) is 6.74. The number of benzene rings is 1. The third kappa shape index (κ3) is 2.70. The quantitative estimate of drug-likeness (QED) is 0.833. The zero-order chi connectivity index (χ0) is 11.5. The minimum atomic E-state index is 0.768. The van der Waals surface area contributed by atoms with Gasteiger partial charge < -0.3 is 10.6 Å². The lowest BCUT2D eigenvalue weighted by molar-refractivity contribution is 0.523. The Morgan fingerprint density at radius 2 is 2.06 bits per heavy atom. The molecule has 0 aromatic heterocycles. The first-order valence-electron chi connectivity index (χ1n) is 6.96. The molecule has 92 valence electrons. The van der Waals surface area contributed by atoms with Gasteiger partial charge in [-0.2, -0.15) is 0 Å². The van der Waals surface area contributed by atoms with Gasteiger partial charge in [0.25, 0.3) is 0 Å². The van der Waals surface area contributed by atoms with Gasteiger partial charge in [-0.25, -0.2) is 0 Å². The summed E-state index contributed by atoms with van der Waals surface area (Å²) >= 11 is 0. The van der Waals surface area contributed by atoms with Gasteiger partial charge in [0.05, 0.1) is 0 Å². The van der Waals surface area contributed by atoms with Crippen LogP contribution in [0.4, 0.5) is 0 Å². The summed E-state index contributed by atoms with van der Waals surface area (Å²) in [5.74, 6) is 0. The minimum Gasteiger partial charge on any atom is -0.312 e. The van der Waals surface area contributed by atoms with Crippen LogP contribution in [0.15, 0.2) is 18.2 Å². The molecule has 0 atom stereocenters. The molecule has 2 N–H and O–H groups in total. The molecule has 1 aromatic rings. The molecule has 17 heavy (non-hydrogen) atoms. The fraction of sp³-hybridized carbons (Fsp3) is 0.600. The van der Waals surface area contributed by atoms with Crippen LogP contribution in [0.3, 0.4) is 0 Å². The fourth-order valence-electron chi connectivity index (χ4n) is 3.04. The van der Waals surface area contributed by atoms with E-state index < -0.39 is 0 Å². The Bertz CT molecular complexity index is 381. The van der Waals surface area contributed by atoms with E-state index in [1.54, 1.807) is 0 Å². The molecule has 0 bridgehead atoms. The average molecular weight is 230 g/mol. The molecule has 1 saturated carbocycles. The Morgan fingerprint density at radius 1 is 1.18 bits per heavy atom. The molecule has 1 aromatic carbocycles. The number of fused-ring (bicyclic) bond motifs is 1. The van der Waals surface area contributed by atoms with Crippen molar-refractivity contribution < 1.29 is 0 Å². The molecule has 0 unspecified atom stereocenters. The zero-order valence-corrected chi connectivity index (χ0v) is 10.5. The van der Waals surface area contributed by atoms with Gasteiger partial charge in [0.2, 0.25) is 0 Å². The Morgan fingerprint density at radius 3 is 2.94 bits per heavy atom. The summed E-state index contributed by atoms with van der Waals surface area (Å²) in [4.78, 5) is 0. The lowest BCUT2D eigenvalue weighted by atomic mass is 9.98. The van der Waals surface area contributed by atoms with Crippen LogP contribution in [0.1, 0.15) is 42.4 Å². The Labute approximate surface area is 104 Å². The standard InChI is InChI=1S/C15H22N2/c1-2-4-15(3-1)17-10-12-5-6-13-7-8-16-11-14(13)9-12/h5-6,9,15-17H,1-4,7-8,10-11H2. The lowest BCUT2D eigenvalue weighted by Crippen LogP contribution is -2.26.